The maximum atomic E-state index is 11.7. The number of rotatable bonds is 3. The predicted octanol–water partition coefficient (Wildman–Crippen LogP) is -2.24. The molecule has 8 nitrogen and oxygen atoms in total. The zero-order valence-electron chi connectivity index (χ0n) is 9.93. The van der Waals surface area contributed by atoms with Crippen molar-refractivity contribution < 1.29 is 24.9 Å². The van der Waals surface area contributed by atoms with Gasteiger partial charge in [0, 0.05) is 18.0 Å². The van der Waals surface area contributed by atoms with Crippen molar-refractivity contribution in [2.24, 2.45) is 0 Å². The van der Waals surface area contributed by atoms with Crippen LogP contribution in [0.25, 0.3) is 0 Å². The number of nitrogens with one attached hydrogen (secondary N) is 2. The lowest BCUT2D eigenvalue weighted by Gasteiger charge is -2.35. The fourth-order valence-corrected chi connectivity index (χ4v) is 1.65. The number of pyridine rings is 1. The van der Waals surface area contributed by atoms with E-state index in [1.165, 1.54) is 24.5 Å². The standard InChI is InChI=1S/C11H15N3O5/c15-7-5-19-11(9(17)8(7)16)14-13-10(18)6-1-3-12-4-2-6/h1-4,7-9,11,14-17H,5H2,(H,13,18)/t7-,8+,9-,11?/m0/s1. The summed E-state index contributed by atoms with van der Waals surface area (Å²) in [7, 11) is 0. The van der Waals surface area contributed by atoms with Crippen molar-refractivity contribution in [3.8, 4) is 0 Å². The molecule has 1 aliphatic heterocycles. The molecular formula is C11H15N3O5. The van der Waals surface area contributed by atoms with Crippen LogP contribution >= 0.6 is 0 Å². The molecular weight excluding hydrogens is 254 g/mol. The Morgan fingerprint density at radius 1 is 1.26 bits per heavy atom. The molecule has 1 amide bonds. The number of aliphatic hydroxyl groups excluding tert-OH is 3. The van der Waals surface area contributed by atoms with Gasteiger partial charge in [-0.2, -0.15) is 0 Å². The molecule has 8 heteroatoms. The highest BCUT2D eigenvalue weighted by atomic mass is 16.5. The van der Waals surface area contributed by atoms with Crippen molar-refractivity contribution in [1.29, 1.82) is 0 Å². The monoisotopic (exact) mass is 269 g/mol. The summed E-state index contributed by atoms with van der Waals surface area (Å²) in [5.41, 5.74) is 5.18. The molecule has 1 fully saturated rings. The van der Waals surface area contributed by atoms with Gasteiger partial charge in [0.05, 0.1) is 6.61 Å². The Hall–Kier alpha value is -1.58. The summed E-state index contributed by atoms with van der Waals surface area (Å²) >= 11 is 0. The van der Waals surface area contributed by atoms with E-state index in [4.69, 9.17) is 4.74 Å². The van der Waals surface area contributed by atoms with Crippen molar-refractivity contribution in [3.63, 3.8) is 0 Å². The number of carbonyl (C=O) groups excluding carboxylic acids is 1. The first-order valence-corrected chi connectivity index (χ1v) is 5.71. The van der Waals surface area contributed by atoms with Crippen molar-refractivity contribution >= 4 is 5.91 Å². The number of aliphatic hydroxyl groups is 3. The van der Waals surface area contributed by atoms with Gasteiger partial charge in [-0.15, -0.1) is 0 Å². The largest absolute Gasteiger partial charge is 0.388 e. The Balaban J connectivity index is 1.87. The molecule has 5 N–H and O–H groups in total. The van der Waals surface area contributed by atoms with Crippen LogP contribution in [0.15, 0.2) is 24.5 Å². The molecule has 1 unspecified atom stereocenters. The van der Waals surface area contributed by atoms with Crippen molar-refractivity contribution in [2.75, 3.05) is 6.61 Å². The summed E-state index contributed by atoms with van der Waals surface area (Å²) < 4.78 is 5.06. The number of carbonyl (C=O) groups is 1. The lowest BCUT2D eigenvalue weighted by atomic mass is 10.1. The van der Waals surface area contributed by atoms with Crippen LogP contribution in [0, 0.1) is 0 Å². The van der Waals surface area contributed by atoms with Crippen LogP contribution in [0.5, 0.6) is 0 Å². The molecule has 4 atom stereocenters. The van der Waals surface area contributed by atoms with Crippen LogP contribution < -0.4 is 10.9 Å². The van der Waals surface area contributed by atoms with Crippen LogP contribution in [0.2, 0.25) is 0 Å². The minimum Gasteiger partial charge on any atom is -0.388 e. The second kappa shape index (κ2) is 6.04. The van der Waals surface area contributed by atoms with E-state index >= 15 is 0 Å². The van der Waals surface area contributed by atoms with Gasteiger partial charge >= 0.3 is 0 Å². The summed E-state index contributed by atoms with van der Waals surface area (Å²) in [5.74, 6) is -0.432. The Labute approximate surface area is 109 Å². The van der Waals surface area contributed by atoms with E-state index in [0.29, 0.717) is 5.56 Å². The van der Waals surface area contributed by atoms with E-state index in [-0.39, 0.29) is 6.61 Å². The van der Waals surface area contributed by atoms with Gasteiger partial charge in [0.25, 0.3) is 5.91 Å². The summed E-state index contributed by atoms with van der Waals surface area (Å²) in [6.45, 7) is -0.138. The fourth-order valence-electron chi connectivity index (χ4n) is 1.65. The molecule has 0 saturated carbocycles. The fraction of sp³-hybridized carbons (Fsp3) is 0.455. The summed E-state index contributed by atoms with van der Waals surface area (Å²) in [4.78, 5) is 15.5. The summed E-state index contributed by atoms with van der Waals surface area (Å²) in [6, 6.07) is 3.04. The van der Waals surface area contributed by atoms with Gasteiger partial charge in [0.15, 0.2) is 6.23 Å². The lowest BCUT2D eigenvalue weighted by molar-refractivity contribution is -0.197. The molecule has 1 aromatic heterocycles. The molecule has 19 heavy (non-hydrogen) atoms. The maximum Gasteiger partial charge on any atom is 0.265 e. The molecule has 104 valence electrons. The normalized spacial score (nSPS) is 30.9. The second-order valence-electron chi connectivity index (χ2n) is 4.14. The number of nitrogens with zero attached hydrogens (tertiary/aromatic N) is 1. The smallest absolute Gasteiger partial charge is 0.265 e. The number of hydrogen-bond donors (Lipinski definition) is 5. The first-order valence-electron chi connectivity index (χ1n) is 5.71. The summed E-state index contributed by atoms with van der Waals surface area (Å²) in [6.07, 6.45) is -1.87. The predicted molar refractivity (Wildman–Crippen MR) is 62.6 cm³/mol. The Bertz CT molecular complexity index is 430. The molecule has 2 heterocycles. The van der Waals surface area contributed by atoms with Gasteiger partial charge in [0.1, 0.15) is 18.3 Å². The van der Waals surface area contributed by atoms with Gasteiger partial charge < -0.3 is 20.1 Å². The van der Waals surface area contributed by atoms with E-state index in [9.17, 15) is 20.1 Å². The van der Waals surface area contributed by atoms with Crippen LogP contribution in [0.3, 0.4) is 0 Å². The minimum atomic E-state index is -1.35. The summed E-state index contributed by atoms with van der Waals surface area (Å²) in [5, 5.41) is 28.4. The van der Waals surface area contributed by atoms with Crippen molar-refractivity contribution in [2.45, 2.75) is 24.5 Å². The highest BCUT2D eigenvalue weighted by Gasteiger charge is 2.37. The molecule has 0 bridgehead atoms. The zero-order chi connectivity index (χ0) is 13.8. The second-order valence-corrected chi connectivity index (χ2v) is 4.14. The van der Waals surface area contributed by atoms with E-state index < -0.39 is 30.4 Å². The van der Waals surface area contributed by atoms with Gasteiger partial charge in [0.2, 0.25) is 0 Å². The zero-order valence-corrected chi connectivity index (χ0v) is 9.93. The van der Waals surface area contributed by atoms with Gasteiger partial charge in [-0.3, -0.25) is 15.2 Å². The van der Waals surface area contributed by atoms with E-state index in [1.807, 2.05) is 0 Å². The third-order valence-corrected chi connectivity index (χ3v) is 2.77. The number of hydrogen-bond acceptors (Lipinski definition) is 7. The third kappa shape index (κ3) is 3.25. The first kappa shape index (κ1) is 13.8. The number of amides is 1. The van der Waals surface area contributed by atoms with Crippen molar-refractivity contribution in [1.82, 2.24) is 15.8 Å². The Morgan fingerprint density at radius 3 is 2.63 bits per heavy atom. The average Bonchev–Trinajstić information content (AvgIpc) is 2.45. The number of aromatic nitrogens is 1. The van der Waals surface area contributed by atoms with E-state index in [0.717, 1.165) is 0 Å². The lowest BCUT2D eigenvalue weighted by Crippen LogP contribution is -2.61. The number of ether oxygens (including phenoxy) is 1. The Kier molecular flexibility index (Phi) is 4.40. The molecule has 0 aliphatic carbocycles. The average molecular weight is 269 g/mol. The van der Waals surface area contributed by atoms with Gasteiger partial charge in [-0.1, -0.05) is 0 Å². The number of hydrazine groups is 1. The van der Waals surface area contributed by atoms with Crippen LogP contribution in [-0.2, 0) is 4.74 Å². The minimum absolute atomic E-state index is 0.138. The van der Waals surface area contributed by atoms with Crippen LogP contribution in [0.4, 0.5) is 0 Å². The van der Waals surface area contributed by atoms with E-state index in [2.05, 4.69) is 15.8 Å². The van der Waals surface area contributed by atoms with Gasteiger partial charge in [-0.25, -0.2) is 5.43 Å². The van der Waals surface area contributed by atoms with Crippen LogP contribution in [0.1, 0.15) is 10.4 Å². The molecule has 1 aromatic rings. The van der Waals surface area contributed by atoms with Gasteiger partial charge in [-0.05, 0) is 12.1 Å². The van der Waals surface area contributed by atoms with Crippen molar-refractivity contribution in [3.05, 3.63) is 30.1 Å². The Morgan fingerprint density at radius 2 is 1.95 bits per heavy atom. The molecule has 1 aliphatic rings. The maximum absolute atomic E-state index is 11.7. The SMILES string of the molecule is O=C(NNC1OC[C@H](O)[C@@H](O)[C@@H]1O)c1ccncc1. The van der Waals surface area contributed by atoms with E-state index in [1.54, 1.807) is 0 Å². The first-order chi connectivity index (χ1) is 9.09. The molecule has 0 radical (unpaired) electrons. The molecule has 0 spiro atoms. The molecule has 1 saturated heterocycles. The quantitative estimate of drug-likeness (QED) is 0.393. The molecule has 0 aromatic carbocycles. The highest BCUT2D eigenvalue weighted by Crippen LogP contribution is 2.13. The van der Waals surface area contributed by atoms with Crippen LogP contribution in [-0.4, -0.2) is 57.4 Å². The third-order valence-electron chi connectivity index (χ3n) is 2.77. The molecule has 2 rings (SSSR count). The highest BCUT2D eigenvalue weighted by molar-refractivity contribution is 5.93. The topological polar surface area (TPSA) is 124 Å².